The first-order chi connectivity index (χ1) is 36.6. The average molecular weight is 946 g/mol. The summed E-state index contributed by atoms with van der Waals surface area (Å²) < 4.78 is 2.56. The smallest absolute Gasteiger partial charge is 0.0870 e. The van der Waals surface area contributed by atoms with Gasteiger partial charge in [-0.25, -0.2) is 0 Å². The minimum Gasteiger partial charge on any atom is -0.311 e. The van der Waals surface area contributed by atoms with Crippen molar-refractivity contribution in [1.82, 2.24) is 4.57 Å². The first kappa shape index (κ1) is 44.9. The molecule has 1 heterocycles. The minimum absolute atomic E-state index is 0.310. The Morgan fingerprint density at radius 2 is 0.797 bits per heavy atom. The van der Waals surface area contributed by atoms with Gasteiger partial charge in [0.15, 0.2) is 0 Å². The summed E-state index contributed by atoms with van der Waals surface area (Å²) in [5, 5.41) is 1.26. The quantitative estimate of drug-likeness (QED) is 0.115. The molecule has 12 aromatic rings. The van der Waals surface area contributed by atoms with E-state index in [1.54, 1.807) is 0 Å². The zero-order chi connectivity index (χ0) is 49.4. The van der Waals surface area contributed by atoms with Crippen molar-refractivity contribution in [2.24, 2.45) is 0 Å². The fourth-order valence-electron chi connectivity index (χ4n) is 12.0. The van der Waals surface area contributed by atoms with Crippen LogP contribution in [0.5, 0.6) is 0 Å². The van der Waals surface area contributed by atoms with Gasteiger partial charge in [-0.15, -0.1) is 0 Å². The molecule has 0 aliphatic heterocycles. The Morgan fingerprint density at radius 3 is 1.34 bits per heavy atom. The van der Waals surface area contributed by atoms with Crippen molar-refractivity contribution < 1.29 is 0 Å². The van der Waals surface area contributed by atoms with Crippen LogP contribution in [0.15, 0.2) is 285 Å². The highest BCUT2D eigenvalue weighted by molar-refractivity contribution is 6.06. The van der Waals surface area contributed by atoms with Crippen LogP contribution >= 0.6 is 0 Å². The summed E-state index contributed by atoms with van der Waals surface area (Å²) in [4.78, 5) is 0. The van der Waals surface area contributed by atoms with E-state index >= 15 is 0 Å². The van der Waals surface area contributed by atoms with Crippen molar-refractivity contribution in [2.45, 2.75) is 31.1 Å². The molecule has 0 N–H and O–H groups in total. The van der Waals surface area contributed by atoms with E-state index in [2.05, 4.69) is 297 Å². The molecule has 0 saturated heterocycles. The van der Waals surface area contributed by atoms with Gasteiger partial charge >= 0.3 is 0 Å². The maximum atomic E-state index is 2.56. The van der Waals surface area contributed by atoms with E-state index in [1.807, 2.05) is 0 Å². The lowest BCUT2D eigenvalue weighted by molar-refractivity contribution is 0.680. The highest BCUT2D eigenvalue weighted by Crippen LogP contribution is 2.60. The molecule has 0 fully saturated rings. The van der Waals surface area contributed by atoms with E-state index in [1.165, 1.54) is 111 Å². The highest BCUT2D eigenvalue weighted by atomic mass is 15.0. The Bertz CT molecular complexity index is 3850. The molecule has 11 aromatic carbocycles. The number of hydrogen-bond donors (Lipinski definition) is 0. The average Bonchev–Trinajstić information content (AvgIpc) is 4.00. The van der Waals surface area contributed by atoms with Crippen LogP contribution in [0.4, 0.5) is 0 Å². The molecule has 1 aliphatic rings. The van der Waals surface area contributed by atoms with Crippen LogP contribution in [0.1, 0.15) is 50.6 Å². The zero-order valence-corrected chi connectivity index (χ0v) is 41.6. The first-order valence-corrected chi connectivity index (χ1v) is 26.0. The van der Waals surface area contributed by atoms with E-state index in [-0.39, 0.29) is 0 Å². The molecule has 1 unspecified atom stereocenters. The topological polar surface area (TPSA) is 4.93 Å². The monoisotopic (exact) mass is 945 g/mol. The van der Waals surface area contributed by atoms with Gasteiger partial charge in [0.1, 0.15) is 0 Å². The molecule has 352 valence electrons. The summed E-state index contributed by atoms with van der Waals surface area (Å²) in [6.07, 6.45) is 1.89. The molecule has 1 heteroatoms. The van der Waals surface area contributed by atoms with Crippen LogP contribution in [-0.4, -0.2) is 4.57 Å². The highest BCUT2D eigenvalue weighted by Gasteiger charge is 2.50. The summed E-state index contributed by atoms with van der Waals surface area (Å²) in [7, 11) is 0. The van der Waals surface area contributed by atoms with Gasteiger partial charge in [-0.1, -0.05) is 266 Å². The van der Waals surface area contributed by atoms with Crippen molar-refractivity contribution in [1.29, 1.82) is 0 Å². The SMILES string of the molecule is Cc1cccc(-c2ccc3c(c2)-c2c(n(-c4ccc(-c5ccc(CC(Cc6ccc(-c7ccccc7)cc6)c6ccc(-c7ccccc7)cc6)cc5)cc4)c4ccccc24)C3(c2ccccc2)c2ccccc2)c1. The number of rotatable bonds is 12. The van der Waals surface area contributed by atoms with Gasteiger partial charge in [-0.2, -0.15) is 0 Å². The van der Waals surface area contributed by atoms with Gasteiger partial charge < -0.3 is 4.57 Å². The number of aromatic nitrogens is 1. The van der Waals surface area contributed by atoms with Gasteiger partial charge in [0.25, 0.3) is 0 Å². The molecular weight excluding hydrogens is 891 g/mol. The predicted molar refractivity (Wildman–Crippen MR) is 310 cm³/mol. The van der Waals surface area contributed by atoms with Gasteiger partial charge in [-0.3, -0.25) is 0 Å². The molecule has 0 amide bonds. The van der Waals surface area contributed by atoms with Crippen LogP contribution in [0.2, 0.25) is 0 Å². The number of para-hydroxylation sites is 1. The molecule has 0 spiro atoms. The number of aryl methyl sites for hydroxylation is 1. The van der Waals surface area contributed by atoms with Crippen molar-refractivity contribution in [3.8, 4) is 61.3 Å². The predicted octanol–water partition coefficient (Wildman–Crippen LogP) is 18.5. The van der Waals surface area contributed by atoms with Crippen LogP contribution in [-0.2, 0) is 18.3 Å². The Hall–Kier alpha value is -9.04. The molecule has 74 heavy (non-hydrogen) atoms. The molecule has 0 bridgehead atoms. The van der Waals surface area contributed by atoms with E-state index in [0.717, 1.165) is 18.5 Å². The molecule has 0 saturated carbocycles. The normalized spacial score (nSPS) is 12.8. The summed E-state index contributed by atoms with van der Waals surface area (Å²) >= 11 is 0. The van der Waals surface area contributed by atoms with E-state index in [0.29, 0.717) is 5.92 Å². The lowest BCUT2D eigenvalue weighted by Gasteiger charge is -2.35. The summed E-state index contributed by atoms with van der Waals surface area (Å²) in [6, 6.07) is 106. The molecule has 0 radical (unpaired) electrons. The standard InChI is InChI=1S/C73H55N/c1-51-17-16-22-61(47-51)62-43-46-69-68(50-62)71-67-27-14-15-28-70(67)74(72(71)73(69,64-23-10-4-11-24-64)65-25-12-5-13-26-65)66-44-41-59(42-45-66)57-35-31-53(32-36-57)49-63(60-39-37-58(38-40-60)55-20-8-3-9-21-55)48-52-29-33-56(34-30-52)54-18-6-2-7-19-54/h2-47,50,63H,48-49H2,1H3. The number of nitrogens with zero attached hydrogens (tertiary/aromatic N) is 1. The zero-order valence-electron chi connectivity index (χ0n) is 41.6. The van der Waals surface area contributed by atoms with Crippen LogP contribution in [0.3, 0.4) is 0 Å². The van der Waals surface area contributed by atoms with Gasteiger partial charge in [-0.05, 0) is 133 Å². The Kier molecular flexibility index (Phi) is 11.6. The summed E-state index contributed by atoms with van der Waals surface area (Å²) in [5.74, 6) is 0.310. The molecular formula is C73H55N. The van der Waals surface area contributed by atoms with Crippen LogP contribution in [0, 0.1) is 6.92 Å². The van der Waals surface area contributed by atoms with Gasteiger partial charge in [0.05, 0.1) is 16.6 Å². The van der Waals surface area contributed by atoms with Gasteiger partial charge in [0, 0.05) is 16.6 Å². The second-order valence-electron chi connectivity index (χ2n) is 20.1. The third kappa shape index (κ3) is 8.08. The number of benzene rings is 11. The van der Waals surface area contributed by atoms with Crippen molar-refractivity contribution in [2.75, 3.05) is 0 Å². The van der Waals surface area contributed by atoms with Crippen LogP contribution < -0.4 is 0 Å². The largest absolute Gasteiger partial charge is 0.311 e. The van der Waals surface area contributed by atoms with Crippen molar-refractivity contribution >= 4 is 10.9 Å². The molecule has 1 nitrogen and oxygen atoms in total. The Balaban J connectivity index is 0.863. The van der Waals surface area contributed by atoms with Crippen molar-refractivity contribution in [3.05, 3.63) is 330 Å². The third-order valence-electron chi connectivity index (χ3n) is 15.6. The summed E-state index contributed by atoms with van der Waals surface area (Å²) in [6.45, 7) is 2.18. The maximum Gasteiger partial charge on any atom is 0.0870 e. The van der Waals surface area contributed by atoms with Gasteiger partial charge in [0.2, 0.25) is 0 Å². The molecule has 1 aliphatic carbocycles. The lowest BCUT2D eigenvalue weighted by Crippen LogP contribution is -2.31. The number of hydrogen-bond acceptors (Lipinski definition) is 0. The molecule has 1 aromatic heterocycles. The third-order valence-corrected chi connectivity index (χ3v) is 15.6. The molecule has 1 atom stereocenters. The van der Waals surface area contributed by atoms with E-state index in [4.69, 9.17) is 0 Å². The fraction of sp³-hybridized carbons (Fsp3) is 0.0685. The van der Waals surface area contributed by atoms with E-state index < -0.39 is 5.41 Å². The number of fused-ring (bicyclic) bond motifs is 5. The molecule has 13 rings (SSSR count). The Labute approximate surface area is 435 Å². The summed E-state index contributed by atoms with van der Waals surface area (Å²) in [5.41, 5.74) is 24.6. The van der Waals surface area contributed by atoms with E-state index in [9.17, 15) is 0 Å². The maximum absolute atomic E-state index is 2.56. The minimum atomic E-state index is -0.584. The second-order valence-corrected chi connectivity index (χ2v) is 20.1. The lowest BCUT2D eigenvalue weighted by atomic mass is 9.69. The van der Waals surface area contributed by atoms with Crippen molar-refractivity contribution in [3.63, 3.8) is 0 Å². The van der Waals surface area contributed by atoms with Crippen LogP contribution in [0.25, 0.3) is 72.2 Å². The Morgan fingerprint density at radius 1 is 0.365 bits per heavy atom. The first-order valence-electron chi connectivity index (χ1n) is 26.0. The fourth-order valence-corrected chi connectivity index (χ4v) is 12.0. The second kappa shape index (κ2) is 19.2.